The van der Waals surface area contributed by atoms with Crippen LogP contribution < -0.4 is 0 Å². The van der Waals surface area contributed by atoms with Crippen molar-refractivity contribution in [3.05, 3.63) is 59.9 Å². The number of ketones is 1. The number of phenols is 2. The van der Waals surface area contributed by atoms with Crippen molar-refractivity contribution in [3.8, 4) is 11.5 Å². The summed E-state index contributed by atoms with van der Waals surface area (Å²) in [7, 11) is 0. The molecule has 0 saturated heterocycles. The molecule has 3 rings (SSSR count). The van der Waals surface area contributed by atoms with Gasteiger partial charge in [0.25, 0.3) is 0 Å². The van der Waals surface area contributed by atoms with Crippen LogP contribution in [0.4, 0.5) is 0 Å². The summed E-state index contributed by atoms with van der Waals surface area (Å²) in [5.74, 6) is -1.05. The van der Waals surface area contributed by atoms with Gasteiger partial charge in [-0.25, -0.2) is 0 Å². The fourth-order valence-corrected chi connectivity index (χ4v) is 2.12. The number of hydrogen-bond acceptors (Lipinski definition) is 3. The molecule has 0 radical (unpaired) electrons. The summed E-state index contributed by atoms with van der Waals surface area (Å²) in [6.45, 7) is 0. The third-order valence-electron chi connectivity index (χ3n) is 3.09. The van der Waals surface area contributed by atoms with Crippen LogP contribution in [0.2, 0.25) is 0 Å². The second-order valence-corrected chi connectivity index (χ2v) is 4.25. The van der Waals surface area contributed by atoms with Crippen molar-refractivity contribution < 1.29 is 15.0 Å². The van der Waals surface area contributed by atoms with E-state index in [9.17, 15) is 15.0 Å². The highest BCUT2D eigenvalue weighted by molar-refractivity contribution is 6.16. The number of phenolic OH excluding ortho intramolecular Hbond substituents is 2. The Morgan fingerprint density at radius 1 is 1.00 bits per heavy atom. The van der Waals surface area contributed by atoms with Gasteiger partial charge >= 0.3 is 0 Å². The third-order valence-corrected chi connectivity index (χ3v) is 3.09. The molecule has 1 aromatic heterocycles. The molecule has 0 aliphatic heterocycles. The van der Waals surface area contributed by atoms with Crippen LogP contribution in [0.3, 0.4) is 0 Å². The highest BCUT2D eigenvalue weighted by atomic mass is 16.3. The Balaban J connectivity index is 2.17. The lowest BCUT2D eigenvalue weighted by molar-refractivity contribution is 0.103. The lowest BCUT2D eigenvalue weighted by atomic mass is 10.0. The molecule has 0 unspecified atom stereocenters. The van der Waals surface area contributed by atoms with E-state index in [0.717, 1.165) is 10.8 Å². The number of hydrogen-bond donors (Lipinski definition) is 3. The van der Waals surface area contributed by atoms with Gasteiger partial charge in [-0.3, -0.25) is 4.79 Å². The van der Waals surface area contributed by atoms with Crippen molar-refractivity contribution >= 4 is 16.6 Å². The topological polar surface area (TPSA) is 73.3 Å². The zero-order valence-corrected chi connectivity index (χ0v) is 9.92. The molecule has 3 N–H and O–H groups in total. The molecule has 0 atom stereocenters. The average molecular weight is 253 g/mol. The minimum absolute atomic E-state index is 0.0765. The largest absolute Gasteiger partial charge is 0.504 e. The van der Waals surface area contributed by atoms with Crippen LogP contribution in [-0.4, -0.2) is 21.0 Å². The van der Waals surface area contributed by atoms with Gasteiger partial charge in [0.2, 0.25) is 5.78 Å². The van der Waals surface area contributed by atoms with Crippen molar-refractivity contribution in [1.82, 2.24) is 4.98 Å². The van der Waals surface area contributed by atoms with Gasteiger partial charge in [-0.1, -0.05) is 30.3 Å². The summed E-state index contributed by atoms with van der Waals surface area (Å²) in [5, 5.41) is 20.9. The molecule has 0 saturated carbocycles. The van der Waals surface area contributed by atoms with Crippen LogP contribution in [-0.2, 0) is 0 Å². The number of aromatic nitrogens is 1. The van der Waals surface area contributed by atoms with E-state index < -0.39 is 5.75 Å². The Hall–Kier alpha value is -2.75. The molecule has 2 aromatic carbocycles. The van der Waals surface area contributed by atoms with Crippen LogP contribution in [0.15, 0.2) is 48.7 Å². The number of aromatic amines is 1. The lowest BCUT2D eigenvalue weighted by Crippen LogP contribution is -2.02. The highest BCUT2D eigenvalue weighted by Gasteiger charge is 2.18. The van der Waals surface area contributed by atoms with Crippen LogP contribution in [0, 0.1) is 0 Å². The van der Waals surface area contributed by atoms with Crippen LogP contribution in [0.1, 0.15) is 16.1 Å². The van der Waals surface area contributed by atoms with Crippen molar-refractivity contribution in [1.29, 1.82) is 0 Å². The maximum absolute atomic E-state index is 12.4. The Kier molecular flexibility index (Phi) is 2.49. The normalized spacial score (nSPS) is 10.7. The Labute approximate surface area is 108 Å². The van der Waals surface area contributed by atoms with Crippen molar-refractivity contribution in [2.24, 2.45) is 0 Å². The Bertz CT molecular complexity index is 774. The van der Waals surface area contributed by atoms with Gasteiger partial charge in [0, 0.05) is 11.6 Å². The minimum atomic E-state index is -0.397. The second-order valence-electron chi connectivity index (χ2n) is 4.25. The molecule has 0 fully saturated rings. The van der Waals surface area contributed by atoms with E-state index in [0.29, 0.717) is 5.69 Å². The molecule has 4 nitrogen and oxygen atoms in total. The number of H-pyrrole nitrogens is 1. The van der Waals surface area contributed by atoms with Crippen molar-refractivity contribution in [2.45, 2.75) is 0 Å². The number of benzene rings is 2. The summed E-state index contributed by atoms with van der Waals surface area (Å²) in [5.41, 5.74) is 0.476. The first-order valence-electron chi connectivity index (χ1n) is 5.80. The van der Waals surface area contributed by atoms with Gasteiger partial charge in [0.15, 0.2) is 11.5 Å². The Morgan fingerprint density at radius 2 is 1.79 bits per heavy atom. The fraction of sp³-hybridized carbons (Fsp3) is 0. The third kappa shape index (κ3) is 1.74. The maximum Gasteiger partial charge on any atom is 0.213 e. The number of fused-ring (bicyclic) bond motifs is 1. The van der Waals surface area contributed by atoms with Gasteiger partial charge < -0.3 is 15.2 Å². The molecule has 0 bridgehead atoms. The van der Waals surface area contributed by atoms with Gasteiger partial charge in [-0.15, -0.1) is 0 Å². The quantitative estimate of drug-likeness (QED) is 0.485. The molecule has 3 aromatic rings. The standard InChI is InChI=1S/C15H11NO3/c17-12-7-3-6-11(14(12)18)15(19)13-10-5-2-1-4-9(10)8-16-13/h1-8,16-18H. The van der Waals surface area contributed by atoms with Crippen LogP contribution >= 0.6 is 0 Å². The minimum Gasteiger partial charge on any atom is -0.504 e. The summed E-state index contributed by atoms with van der Waals surface area (Å²) in [4.78, 5) is 15.3. The molecule has 19 heavy (non-hydrogen) atoms. The molecule has 4 heteroatoms. The van der Waals surface area contributed by atoms with Crippen LogP contribution in [0.25, 0.3) is 10.8 Å². The van der Waals surface area contributed by atoms with E-state index >= 15 is 0 Å². The number of para-hydroxylation sites is 1. The van der Waals surface area contributed by atoms with E-state index in [-0.39, 0.29) is 17.1 Å². The van der Waals surface area contributed by atoms with Gasteiger partial charge in [0.1, 0.15) is 0 Å². The molecule has 1 heterocycles. The summed E-state index contributed by atoms with van der Waals surface area (Å²) >= 11 is 0. The smallest absolute Gasteiger partial charge is 0.213 e. The molecule has 0 spiro atoms. The molecule has 94 valence electrons. The molecule has 0 aliphatic rings. The SMILES string of the molecule is O=C(c1cccc(O)c1O)c1[nH]cc2ccccc12. The summed E-state index contributed by atoms with van der Waals surface area (Å²) in [6, 6.07) is 11.8. The predicted octanol–water partition coefficient (Wildman–Crippen LogP) is 2.81. The van der Waals surface area contributed by atoms with Crippen molar-refractivity contribution in [3.63, 3.8) is 0 Å². The summed E-state index contributed by atoms with van der Waals surface area (Å²) in [6.07, 6.45) is 1.74. The van der Waals surface area contributed by atoms with Crippen LogP contribution in [0.5, 0.6) is 11.5 Å². The van der Waals surface area contributed by atoms with E-state index in [1.807, 2.05) is 24.3 Å². The molecular weight excluding hydrogens is 242 g/mol. The van der Waals surface area contributed by atoms with Gasteiger partial charge in [0.05, 0.1) is 11.3 Å². The van der Waals surface area contributed by atoms with E-state index in [2.05, 4.69) is 4.98 Å². The maximum atomic E-state index is 12.4. The van der Waals surface area contributed by atoms with Gasteiger partial charge in [-0.05, 0) is 17.5 Å². The number of aromatic hydroxyl groups is 2. The predicted molar refractivity (Wildman–Crippen MR) is 71.5 cm³/mol. The summed E-state index contributed by atoms with van der Waals surface area (Å²) < 4.78 is 0. The number of rotatable bonds is 2. The number of carbonyl (C=O) groups is 1. The first kappa shape index (κ1) is 11.3. The first-order chi connectivity index (χ1) is 9.18. The Morgan fingerprint density at radius 3 is 2.63 bits per heavy atom. The van der Waals surface area contributed by atoms with E-state index in [4.69, 9.17) is 0 Å². The monoisotopic (exact) mass is 253 g/mol. The van der Waals surface area contributed by atoms with E-state index in [1.54, 1.807) is 6.20 Å². The highest BCUT2D eigenvalue weighted by Crippen LogP contribution is 2.31. The van der Waals surface area contributed by atoms with E-state index in [1.165, 1.54) is 18.2 Å². The zero-order valence-electron chi connectivity index (χ0n) is 9.92. The average Bonchev–Trinajstić information content (AvgIpc) is 2.85. The molecular formula is C15H11NO3. The lowest BCUT2D eigenvalue weighted by Gasteiger charge is -2.04. The zero-order chi connectivity index (χ0) is 13.4. The number of nitrogens with one attached hydrogen (secondary N) is 1. The first-order valence-corrected chi connectivity index (χ1v) is 5.80. The number of carbonyl (C=O) groups excluding carboxylic acids is 1. The van der Waals surface area contributed by atoms with Gasteiger partial charge in [-0.2, -0.15) is 0 Å². The molecule has 0 amide bonds. The fourth-order valence-electron chi connectivity index (χ4n) is 2.12. The molecule has 0 aliphatic carbocycles. The van der Waals surface area contributed by atoms with Crippen molar-refractivity contribution in [2.75, 3.05) is 0 Å². The second kappa shape index (κ2) is 4.17.